The fourth-order valence-corrected chi connectivity index (χ4v) is 5.34. The molecule has 228 valence electrons. The Bertz CT molecular complexity index is 1510. The second-order valence-corrected chi connectivity index (χ2v) is 10.2. The number of nitrogens with two attached hydrogens (primary N) is 1. The average molecular weight is 604 g/mol. The van der Waals surface area contributed by atoms with Gasteiger partial charge in [-0.05, 0) is 17.7 Å². The fourth-order valence-electron chi connectivity index (χ4n) is 5.34. The molecule has 2 aromatic heterocycles. The molecule has 1 aliphatic carbocycles. The van der Waals surface area contributed by atoms with Crippen LogP contribution in [-0.4, -0.2) is 89.4 Å². The number of amides is 1. The van der Waals surface area contributed by atoms with Crippen molar-refractivity contribution in [2.45, 2.75) is 30.3 Å². The van der Waals surface area contributed by atoms with Crippen LogP contribution in [0.25, 0.3) is 11.3 Å². The van der Waals surface area contributed by atoms with Gasteiger partial charge in [-0.2, -0.15) is 18.2 Å². The maximum atomic E-state index is 14.0. The van der Waals surface area contributed by atoms with Crippen LogP contribution in [0, 0.1) is 0 Å². The van der Waals surface area contributed by atoms with E-state index in [1.54, 1.807) is 36.3 Å². The number of nitrogens with zero attached hydrogens (tertiary/aromatic N) is 6. The first-order valence-electron chi connectivity index (χ1n) is 13.4. The minimum Gasteiger partial charge on any atom is -0.491 e. The molecule has 43 heavy (non-hydrogen) atoms. The van der Waals surface area contributed by atoms with Crippen LogP contribution in [0.3, 0.4) is 0 Å². The summed E-state index contributed by atoms with van der Waals surface area (Å²) in [5.74, 6) is 0.0499. The summed E-state index contributed by atoms with van der Waals surface area (Å²) in [5, 5.41) is 10.9. The summed E-state index contributed by atoms with van der Waals surface area (Å²) in [7, 11) is 1.57. The molecule has 0 radical (unpaired) electrons. The van der Waals surface area contributed by atoms with E-state index in [1.807, 2.05) is 0 Å². The second-order valence-electron chi connectivity index (χ2n) is 10.2. The number of ether oxygens (including phenoxy) is 4. The van der Waals surface area contributed by atoms with E-state index in [-0.39, 0.29) is 23.9 Å². The standard InChI is InChI=1S/C27H28F3N7O6/c1-40-10-11-42-16-4-2-15(3-5-16)22-26(13-19(26)38)37(25(39)43-22)20-12-18(33-24(34-20)36-6-8-41-9-7-36)17-14-32-23(31)35-21(17)27(28,29)30/h2-5,12,14,19,22,38H,6-11,13H2,1H3,(H2,31,32,35)/t19-,22-,26?/m0/s1. The van der Waals surface area contributed by atoms with Crippen molar-refractivity contribution >= 4 is 23.8 Å². The molecule has 3 atom stereocenters. The zero-order valence-corrected chi connectivity index (χ0v) is 23.0. The highest BCUT2D eigenvalue weighted by molar-refractivity contribution is 5.93. The number of anilines is 3. The number of benzene rings is 1. The van der Waals surface area contributed by atoms with Gasteiger partial charge in [-0.15, -0.1) is 0 Å². The lowest BCUT2D eigenvalue weighted by atomic mass is 9.99. The number of methoxy groups -OCH3 is 1. The van der Waals surface area contributed by atoms with Gasteiger partial charge >= 0.3 is 12.3 Å². The molecule has 1 aromatic carbocycles. The molecule has 3 N–H and O–H groups in total. The Balaban J connectivity index is 1.41. The number of rotatable bonds is 8. The first-order chi connectivity index (χ1) is 20.6. The molecule has 3 aromatic rings. The van der Waals surface area contributed by atoms with Gasteiger partial charge in [0.25, 0.3) is 0 Å². The van der Waals surface area contributed by atoms with Gasteiger partial charge in [0.15, 0.2) is 11.8 Å². The van der Waals surface area contributed by atoms with Crippen LogP contribution in [0.2, 0.25) is 0 Å². The van der Waals surface area contributed by atoms with E-state index >= 15 is 0 Å². The number of alkyl halides is 3. The minimum absolute atomic E-state index is 0.0417. The molecule has 1 saturated carbocycles. The number of aliphatic hydroxyl groups is 1. The van der Waals surface area contributed by atoms with Crippen LogP contribution in [-0.2, 0) is 20.4 Å². The Morgan fingerprint density at radius 1 is 1.14 bits per heavy atom. The van der Waals surface area contributed by atoms with Crippen LogP contribution in [0.1, 0.15) is 23.8 Å². The summed E-state index contributed by atoms with van der Waals surface area (Å²) >= 11 is 0. The summed E-state index contributed by atoms with van der Waals surface area (Å²) < 4.78 is 63.8. The molecular formula is C27H28F3N7O6. The van der Waals surface area contributed by atoms with Gasteiger partial charge in [0, 0.05) is 44.4 Å². The van der Waals surface area contributed by atoms with Gasteiger partial charge < -0.3 is 34.7 Å². The largest absolute Gasteiger partial charge is 0.491 e. The lowest BCUT2D eigenvalue weighted by Crippen LogP contribution is -2.41. The Labute approximate surface area is 243 Å². The molecule has 1 spiro atoms. The highest BCUT2D eigenvalue weighted by Gasteiger charge is 2.71. The van der Waals surface area contributed by atoms with Gasteiger partial charge in [-0.3, -0.25) is 0 Å². The normalized spacial score (nSPS) is 23.5. The van der Waals surface area contributed by atoms with Gasteiger partial charge in [0.1, 0.15) is 23.7 Å². The number of cyclic esters (lactones) is 1. The number of nitrogen functional groups attached to an aromatic ring is 1. The average Bonchev–Trinajstić information content (AvgIpc) is 3.56. The summed E-state index contributed by atoms with van der Waals surface area (Å²) in [4.78, 5) is 32.5. The third-order valence-electron chi connectivity index (χ3n) is 7.52. The van der Waals surface area contributed by atoms with Crippen molar-refractivity contribution in [2.24, 2.45) is 0 Å². The van der Waals surface area contributed by atoms with Crippen molar-refractivity contribution in [2.75, 3.05) is 62.2 Å². The number of halogens is 3. The zero-order chi connectivity index (χ0) is 30.4. The highest BCUT2D eigenvalue weighted by atomic mass is 19.4. The minimum atomic E-state index is -4.87. The molecule has 0 bridgehead atoms. The number of morpholine rings is 1. The molecule has 2 saturated heterocycles. The summed E-state index contributed by atoms with van der Waals surface area (Å²) in [6.07, 6.45) is -6.48. The Morgan fingerprint density at radius 2 is 1.86 bits per heavy atom. The van der Waals surface area contributed by atoms with E-state index in [4.69, 9.17) is 24.7 Å². The van der Waals surface area contributed by atoms with Crippen LogP contribution in [0.4, 0.5) is 35.7 Å². The summed E-state index contributed by atoms with van der Waals surface area (Å²) in [5.41, 5.74) is 2.92. The van der Waals surface area contributed by atoms with Crippen molar-refractivity contribution in [1.82, 2.24) is 19.9 Å². The summed E-state index contributed by atoms with van der Waals surface area (Å²) in [6.45, 7) is 2.19. The number of carbonyl (C=O) groups excluding carboxylic acids is 1. The van der Waals surface area contributed by atoms with Gasteiger partial charge in [-0.1, -0.05) is 12.1 Å². The third kappa shape index (κ3) is 5.36. The van der Waals surface area contributed by atoms with E-state index in [9.17, 15) is 23.1 Å². The maximum Gasteiger partial charge on any atom is 0.434 e. The van der Waals surface area contributed by atoms with Crippen molar-refractivity contribution in [1.29, 1.82) is 0 Å². The molecule has 4 heterocycles. The van der Waals surface area contributed by atoms with Gasteiger partial charge in [-0.25, -0.2) is 24.6 Å². The fraction of sp³-hybridized carbons (Fsp3) is 0.444. The van der Waals surface area contributed by atoms with Crippen molar-refractivity contribution in [3.05, 3.63) is 47.8 Å². The molecule has 1 unspecified atom stereocenters. The zero-order valence-electron chi connectivity index (χ0n) is 23.0. The predicted octanol–water partition coefficient (Wildman–Crippen LogP) is 2.60. The first-order valence-corrected chi connectivity index (χ1v) is 13.4. The highest BCUT2D eigenvalue weighted by Crippen LogP contribution is 2.58. The van der Waals surface area contributed by atoms with Crippen LogP contribution < -0.4 is 20.3 Å². The third-order valence-corrected chi connectivity index (χ3v) is 7.52. The number of hydrogen-bond donors (Lipinski definition) is 2. The topological polar surface area (TPSA) is 158 Å². The van der Waals surface area contributed by atoms with Crippen molar-refractivity contribution in [3.8, 4) is 17.0 Å². The molecule has 13 nitrogen and oxygen atoms in total. The molecule has 6 rings (SSSR count). The van der Waals surface area contributed by atoms with Crippen LogP contribution in [0.15, 0.2) is 36.5 Å². The number of carbonyl (C=O) groups is 1. The predicted molar refractivity (Wildman–Crippen MR) is 144 cm³/mol. The van der Waals surface area contributed by atoms with E-state index in [0.717, 1.165) is 6.20 Å². The molecule has 3 aliphatic rings. The molecule has 3 fully saturated rings. The van der Waals surface area contributed by atoms with Crippen LogP contribution in [0.5, 0.6) is 5.75 Å². The molecular weight excluding hydrogens is 575 g/mol. The van der Waals surface area contributed by atoms with Crippen molar-refractivity contribution < 1.29 is 42.0 Å². The lowest BCUT2D eigenvalue weighted by molar-refractivity contribution is -0.140. The second kappa shape index (κ2) is 11.1. The molecule has 2 aliphatic heterocycles. The van der Waals surface area contributed by atoms with Crippen molar-refractivity contribution in [3.63, 3.8) is 0 Å². The Kier molecular flexibility index (Phi) is 7.43. The Hall–Kier alpha value is -4.28. The number of aliphatic hydroxyl groups excluding tert-OH is 1. The Morgan fingerprint density at radius 3 is 2.51 bits per heavy atom. The number of hydrogen-bond acceptors (Lipinski definition) is 12. The summed E-state index contributed by atoms with van der Waals surface area (Å²) in [6, 6.07) is 8.11. The van der Waals surface area contributed by atoms with E-state index in [2.05, 4.69) is 19.9 Å². The smallest absolute Gasteiger partial charge is 0.434 e. The first kappa shape index (κ1) is 28.8. The molecule has 16 heteroatoms. The monoisotopic (exact) mass is 603 g/mol. The van der Waals surface area contributed by atoms with Crippen LogP contribution >= 0.6 is 0 Å². The molecule has 1 amide bonds. The van der Waals surface area contributed by atoms with E-state index in [0.29, 0.717) is 50.8 Å². The quantitative estimate of drug-likeness (QED) is 0.363. The lowest BCUT2D eigenvalue weighted by Gasteiger charge is -2.29. The maximum absolute atomic E-state index is 14.0. The van der Waals surface area contributed by atoms with E-state index in [1.165, 1.54) is 11.0 Å². The van der Waals surface area contributed by atoms with Gasteiger partial charge in [0.2, 0.25) is 11.9 Å². The number of aromatic nitrogens is 4. The SMILES string of the molecule is COCCOc1ccc([C@@H]2OC(=O)N(c3cc(-c4cnc(N)nc4C(F)(F)F)nc(N4CCOCC4)n3)C23C[C@@H]3O)cc1. The van der Waals surface area contributed by atoms with E-state index < -0.39 is 47.2 Å². The van der Waals surface area contributed by atoms with Gasteiger partial charge in [0.05, 0.1) is 31.6 Å².